The van der Waals surface area contributed by atoms with Gasteiger partial charge in [-0.1, -0.05) is 11.3 Å². The molecule has 0 saturated carbocycles. The maximum absolute atomic E-state index is 12.2. The van der Waals surface area contributed by atoms with E-state index in [9.17, 15) is 18.0 Å². The lowest BCUT2D eigenvalue weighted by molar-refractivity contribution is -0.119. The largest absolute Gasteiger partial charge is 0.358 e. The van der Waals surface area contributed by atoms with Gasteiger partial charge in [-0.2, -0.15) is 0 Å². The fourth-order valence-corrected chi connectivity index (χ4v) is 5.24. The molecule has 0 fully saturated rings. The number of carbonyl (C=O) groups excluding carboxylic acids is 2. The van der Waals surface area contributed by atoms with Gasteiger partial charge in [0.2, 0.25) is 11.8 Å². The lowest BCUT2D eigenvalue weighted by Crippen LogP contribution is -2.34. The molecule has 24 heavy (non-hydrogen) atoms. The summed E-state index contributed by atoms with van der Waals surface area (Å²) >= 11 is 2.35. The van der Waals surface area contributed by atoms with E-state index in [4.69, 9.17) is 0 Å². The summed E-state index contributed by atoms with van der Waals surface area (Å²) in [6.07, 6.45) is 0. The Kier molecular flexibility index (Phi) is 5.70. The van der Waals surface area contributed by atoms with Crippen molar-refractivity contribution in [3.05, 3.63) is 17.8 Å². The van der Waals surface area contributed by atoms with E-state index in [1.165, 1.54) is 31.4 Å². The number of aryl methyl sites for hydroxylation is 1. The minimum absolute atomic E-state index is 0.107. The molecule has 0 aliphatic heterocycles. The smallest absolute Gasteiger partial charge is 0.250 e. The molecule has 2 amide bonds. The summed E-state index contributed by atoms with van der Waals surface area (Å²) in [6, 6.07) is 3.15. The summed E-state index contributed by atoms with van der Waals surface area (Å²) < 4.78 is 26.7. The summed E-state index contributed by atoms with van der Waals surface area (Å²) in [4.78, 5) is 28.0. The fraction of sp³-hybridized carbons (Fsp3) is 0.308. The van der Waals surface area contributed by atoms with Gasteiger partial charge in [0.1, 0.15) is 4.21 Å². The Morgan fingerprint density at radius 3 is 2.58 bits per heavy atom. The number of nitrogens with one attached hydrogen (secondary N) is 3. The SMILES string of the molecule is CNC(=O)CNS(=O)(=O)c1ccc(-c2sc(NC(C)=O)nc2C)s1. The predicted molar refractivity (Wildman–Crippen MR) is 93.7 cm³/mol. The highest BCUT2D eigenvalue weighted by molar-refractivity contribution is 7.91. The first kappa shape index (κ1) is 18.5. The number of aromatic nitrogens is 1. The van der Waals surface area contributed by atoms with Crippen molar-refractivity contribution in [1.29, 1.82) is 0 Å². The highest BCUT2D eigenvalue weighted by atomic mass is 32.2. The molecule has 3 N–H and O–H groups in total. The standard InChI is InChI=1S/C13H16N4O4S3/c1-7-12(23-13(16-7)17-8(2)18)9-4-5-11(22-9)24(20,21)15-6-10(19)14-3/h4-5,15H,6H2,1-3H3,(H,14,19)(H,16,17,18). The van der Waals surface area contributed by atoms with Gasteiger partial charge in [-0.15, -0.1) is 11.3 Å². The molecule has 2 rings (SSSR count). The van der Waals surface area contributed by atoms with Gasteiger partial charge in [-0.25, -0.2) is 18.1 Å². The van der Waals surface area contributed by atoms with Crippen LogP contribution in [0, 0.1) is 6.92 Å². The molecule has 0 aromatic carbocycles. The molecule has 0 aliphatic rings. The number of hydrogen-bond acceptors (Lipinski definition) is 7. The van der Waals surface area contributed by atoms with Crippen LogP contribution in [0.15, 0.2) is 16.3 Å². The van der Waals surface area contributed by atoms with E-state index >= 15 is 0 Å². The number of thiazole rings is 1. The lowest BCUT2D eigenvalue weighted by Gasteiger charge is -2.03. The van der Waals surface area contributed by atoms with Crippen LogP contribution in [0.2, 0.25) is 0 Å². The minimum atomic E-state index is -3.76. The zero-order valence-electron chi connectivity index (χ0n) is 13.2. The van der Waals surface area contributed by atoms with Crippen molar-refractivity contribution in [3.8, 4) is 9.75 Å². The first-order chi connectivity index (χ1) is 11.2. The van der Waals surface area contributed by atoms with Gasteiger partial charge < -0.3 is 10.6 Å². The Morgan fingerprint density at radius 2 is 1.96 bits per heavy atom. The van der Waals surface area contributed by atoms with Crippen LogP contribution < -0.4 is 15.4 Å². The molecule has 130 valence electrons. The second-order valence-corrected chi connectivity index (χ2v) is 8.81. The van der Waals surface area contributed by atoms with Crippen LogP contribution in [0.1, 0.15) is 12.6 Å². The number of nitrogens with zero attached hydrogens (tertiary/aromatic N) is 1. The molecule has 11 heteroatoms. The van der Waals surface area contributed by atoms with Gasteiger partial charge in [0.05, 0.1) is 17.1 Å². The number of thiophene rings is 1. The molecule has 0 bridgehead atoms. The predicted octanol–water partition coefficient (Wildman–Crippen LogP) is 1.16. The zero-order valence-corrected chi connectivity index (χ0v) is 15.6. The second-order valence-electron chi connectivity index (χ2n) is 4.73. The normalized spacial score (nSPS) is 11.3. The van der Waals surface area contributed by atoms with Crippen molar-refractivity contribution < 1.29 is 18.0 Å². The molecule has 2 heterocycles. The monoisotopic (exact) mass is 388 g/mol. The number of sulfonamides is 1. The van der Waals surface area contributed by atoms with Crippen molar-refractivity contribution in [2.45, 2.75) is 18.1 Å². The molecule has 2 aromatic rings. The first-order valence-electron chi connectivity index (χ1n) is 6.78. The second kappa shape index (κ2) is 7.38. The summed E-state index contributed by atoms with van der Waals surface area (Å²) in [5.41, 5.74) is 0.702. The zero-order chi connectivity index (χ0) is 17.9. The van der Waals surface area contributed by atoms with Gasteiger partial charge in [0, 0.05) is 18.8 Å². The average molecular weight is 388 g/mol. The quantitative estimate of drug-likeness (QED) is 0.686. The number of amides is 2. The van der Waals surface area contributed by atoms with Crippen LogP contribution in [-0.2, 0) is 19.6 Å². The van der Waals surface area contributed by atoms with Gasteiger partial charge in [0.25, 0.3) is 10.0 Å². The summed E-state index contributed by atoms with van der Waals surface area (Å²) in [5.74, 6) is -0.642. The van der Waals surface area contributed by atoms with Crippen LogP contribution >= 0.6 is 22.7 Å². The minimum Gasteiger partial charge on any atom is -0.358 e. The Hall–Kier alpha value is -1.82. The number of anilines is 1. The summed E-state index contributed by atoms with van der Waals surface area (Å²) in [7, 11) is -2.33. The van der Waals surface area contributed by atoms with Crippen molar-refractivity contribution in [2.24, 2.45) is 0 Å². The molecular formula is C13H16N4O4S3. The molecule has 0 saturated heterocycles. The molecule has 0 unspecified atom stereocenters. The molecule has 2 aromatic heterocycles. The van der Waals surface area contributed by atoms with Gasteiger partial charge in [0.15, 0.2) is 5.13 Å². The summed E-state index contributed by atoms with van der Waals surface area (Å²) in [6.45, 7) is 2.86. The Labute approximate surface area is 147 Å². The van der Waals surface area contributed by atoms with Crippen molar-refractivity contribution in [1.82, 2.24) is 15.0 Å². The third kappa shape index (κ3) is 4.38. The van der Waals surface area contributed by atoms with Crippen LogP contribution in [0.3, 0.4) is 0 Å². The van der Waals surface area contributed by atoms with Crippen molar-refractivity contribution in [3.63, 3.8) is 0 Å². The number of rotatable bonds is 6. The van der Waals surface area contributed by atoms with Crippen LogP contribution in [-0.4, -0.2) is 38.8 Å². The van der Waals surface area contributed by atoms with Gasteiger partial charge >= 0.3 is 0 Å². The summed E-state index contributed by atoms with van der Waals surface area (Å²) in [5, 5.41) is 5.42. The maximum Gasteiger partial charge on any atom is 0.250 e. The molecule has 0 atom stereocenters. The van der Waals surface area contributed by atoms with E-state index in [-0.39, 0.29) is 16.7 Å². The third-order valence-electron chi connectivity index (χ3n) is 2.85. The van der Waals surface area contributed by atoms with Crippen LogP contribution in [0.4, 0.5) is 5.13 Å². The lowest BCUT2D eigenvalue weighted by atomic mass is 10.3. The van der Waals surface area contributed by atoms with Gasteiger partial charge in [-0.05, 0) is 19.1 Å². The van der Waals surface area contributed by atoms with Crippen LogP contribution in [0.25, 0.3) is 9.75 Å². The first-order valence-corrected chi connectivity index (χ1v) is 9.90. The van der Waals surface area contributed by atoms with E-state index in [0.29, 0.717) is 10.8 Å². The Morgan fingerprint density at radius 1 is 1.25 bits per heavy atom. The molecule has 0 aliphatic carbocycles. The van der Waals surface area contributed by atoms with E-state index in [0.717, 1.165) is 21.1 Å². The third-order valence-corrected chi connectivity index (χ3v) is 7.08. The number of likely N-dealkylation sites (N-methyl/N-ethyl adjacent to an activating group) is 1. The Balaban J connectivity index is 2.23. The topological polar surface area (TPSA) is 117 Å². The van der Waals surface area contributed by atoms with Crippen molar-refractivity contribution in [2.75, 3.05) is 18.9 Å². The van der Waals surface area contributed by atoms with Gasteiger partial charge in [-0.3, -0.25) is 9.59 Å². The molecule has 0 spiro atoms. The highest BCUT2D eigenvalue weighted by Crippen LogP contribution is 2.38. The van der Waals surface area contributed by atoms with Crippen molar-refractivity contribution >= 4 is 49.6 Å². The number of carbonyl (C=O) groups is 2. The van der Waals surface area contributed by atoms with E-state index in [2.05, 4.69) is 20.3 Å². The highest BCUT2D eigenvalue weighted by Gasteiger charge is 2.20. The fourth-order valence-electron chi connectivity index (χ4n) is 1.74. The van der Waals surface area contributed by atoms with E-state index in [1.807, 2.05) is 0 Å². The number of hydrogen-bond donors (Lipinski definition) is 3. The van der Waals surface area contributed by atoms with E-state index < -0.39 is 15.9 Å². The maximum atomic E-state index is 12.2. The molecular weight excluding hydrogens is 372 g/mol. The van der Waals surface area contributed by atoms with Crippen LogP contribution in [0.5, 0.6) is 0 Å². The molecule has 8 nitrogen and oxygen atoms in total. The average Bonchev–Trinajstić information content (AvgIpc) is 3.11. The Bertz CT molecular complexity index is 870. The molecule has 0 radical (unpaired) electrons. The van der Waals surface area contributed by atoms with E-state index in [1.54, 1.807) is 13.0 Å².